The Morgan fingerprint density at radius 1 is 1.14 bits per heavy atom. The number of H-pyrrole nitrogens is 1. The number of nitrogens with zero attached hydrogens (tertiary/aromatic N) is 2. The van der Waals surface area contributed by atoms with Crippen LogP contribution in [0.3, 0.4) is 0 Å². The summed E-state index contributed by atoms with van der Waals surface area (Å²) in [5.41, 5.74) is 2.01. The zero-order chi connectivity index (χ0) is 19.1. The van der Waals surface area contributed by atoms with E-state index in [4.69, 9.17) is 4.98 Å². The van der Waals surface area contributed by atoms with Gasteiger partial charge in [0.15, 0.2) is 0 Å². The fraction of sp³-hybridized carbons (Fsp3) is 0.381. The smallest absolute Gasteiger partial charge is 0.264 e. The number of anilines is 1. The monoisotopic (exact) mass is 394 g/mol. The van der Waals surface area contributed by atoms with Crippen LogP contribution < -0.4 is 5.32 Å². The van der Waals surface area contributed by atoms with E-state index in [1.807, 2.05) is 41.3 Å². The SMILES string of the molecule is O=C(Nc1ccc(C(=O)N2CCC[C@H](c3nc4ccccc4[nH]3)C2)s1)C1CC1. The molecule has 0 radical (unpaired) electrons. The second-order valence-corrected chi connectivity index (χ2v) is 8.74. The van der Waals surface area contributed by atoms with E-state index in [0.717, 1.165) is 54.1 Å². The number of hydrogen-bond acceptors (Lipinski definition) is 4. The van der Waals surface area contributed by atoms with E-state index < -0.39 is 0 Å². The topological polar surface area (TPSA) is 78.1 Å². The first-order valence-corrected chi connectivity index (χ1v) is 10.6. The summed E-state index contributed by atoms with van der Waals surface area (Å²) < 4.78 is 0. The lowest BCUT2D eigenvalue weighted by Crippen LogP contribution is -2.39. The number of carbonyl (C=O) groups is 2. The summed E-state index contributed by atoms with van der Waals surface area (Å²) in [5, 5.41) is 3.68. The molecule has 0 unspecified atom stereocenters. The van der Waals surface area contributed by atoms with Gasteiger partial charge in [-0.1, -0.05) is 12.1 Å². The Bertz CT molecular complexity index is 1000. The third kappa shape index (κ3) is 3.42. The highest BCUT2D eigenvalue weighted by atomic mass is 32.1. The molecule has 6 nitrogen and oxygen atoms in total. The van der Waals surface area contributed by atoms with E-state index in [0.29, 0.717) is 11.4 Å². The van der Waals surface area contributed by atoms with Gasteiger partial charge in [0.1, 0.15) is 5.82 Å². The number of para-hydroxylation sites is 2. The summed E-state index contributed by atoms with van der Waals surface area (Å²) in [7, 11) is 0. The number of hydrogen-bond donors (Lipinski definition) is 2. The molecule has 144 valence electrons. The first-order valence-electron chi connectivity index (χ1n) is 9.82. The van der Waals surface area contributed by atoms with Gasteiger partial charge in [-0.15, -0.1) is 11.3 Å². The molecule has 5 rings (SSSR count). The van der Waals surface area contributed by atoms with E-state index in [-0.39, 0.29) is 23.7 Å². The van der Waals surface area contributed by atoms with Crippen molar-refractivity contribution in [2.75, 3.05) is 18.4 Å². The molecule has 1 saturated heterocycles. The molecule has 1 aliphatic heterocycles. The van der Waals surface area contributed by atoms with Gasteiger partial charge < -0.3 is 15.2 Å². The van der Waals surface area contributed by atoms with E-state index in [1.165, 1.54) is 11.3 Å². The van der Waals surface area contributed by atoms with Gasteiger partial charge in [0.05, 0.1) is 20.9 Å². The average Bonchev–Trinajstić information content (AvgIpc) is 3.32. The number of benzene rings is 1. The summed E-state index contributed by atoms with van der Waals surface area (Å²) in [6.07, 6.45) is 3.93. The second kappa shape index (κ2) is 7.05. The highest BCUT2D eigenvalue weighted by Gasteiger charge is 2.31. The summed E-state index contributed by atoms with van der Waals surface area (Å²) in [5.74, 6) is 1.45. The van der Waals surface area contributed by atoms with Crippen LogP contribution >= 0.6 is 11.3 Å². The van der Waals surface area contributed by atoms with Crippen molar-refractivity contribution in [1.29, 1.82) is 0 Å². The molecule has 3 aromatic rings. The van der Waals surface area contributed by atoms with Crippen LogP contribution in [0.15, 0.2) is 36.4 Å². The first kappa shape index (κ1) is 17.4. The predicted octanol–water partition coefficient (Wildman–Crippen LogP) is 3.99. The average molecular weight is 395 g/mol. The Labute approximate surface area is 167 Å². The fourth-order valence-corrected chi connectivity index (χ4v) is 4.67. The molecule has 2 aliphatic rings. The number of carbonyl (C=O) groups excluding carboxylic acids is 2. The lowest BCUT2D eigenvalue weighted by Gasteiger charge is -2.31. The van der Waals surface area contributed by atoms with Gasteiger partial charge in [-0.05, 0) is 49.9 Å². The second-order valence-electron chi connectivity index (χ2n) is 7.66. The number of aromatic amines is 1. The minimum Gasteiger partial charge on any atom is -0.342 e. The predicted molar refractivity (Wildman–Crippen MR) is 110 cm³/mol. The molecule has 1 atom stereocenters. The van der Waals surface area contributed by atoms with Gasteiger partial charge in [-0.25, -0.2) is 4.98 Å². The van der Waals surface area contributed by atoms with Crippen LogP contribution in [0.5, 0.6) is 0 Å². The molecule has 2 amide bonds. The molecule has 0 bridgehead atoms. The molecule has 7 heteroatoms. The van der Waals surface area contributed by atoms with Gasteiger partial charge in [0.25, 0.3) is 5.91 Å². The van der Waals surface area contributed by atoms with Gasteiger partial charge in [-0.2, -0.15) is 0 Å². The Balaban J connectivity index is 1.28. The van der Waals surface area contributed by atoms with Crippen LogP contribution in [0, 0.1) is 5.92 Å². The number of fused-ring (bicyclic) bond motifs is 1. The Morgan fingerprint density at radius 3 is 2.82 bits per heavy atom. The first-order chi connectivity index (χ1) is 13.7. The molecular weight excluding hydrogens is 372 g/mol. The maximum absolute atomic E-state index is 13.0. The van der Waals surface area contributed by atoms with Crippen LogP contribution in [0.1, 0.15) is 47.1 Å². The van der Waals surface area contributed by atoms with Crippen molar-refractivity contribution in [3.05, 3.63) is 47.1 Å². The van der Waals surface area contributed by atoms with Crippen LogP contribution in [0.2, 0.25) is 0 Å². The number of rotatable bonds is 4. The maximum Gasteiger partial charge on any atom is 0.264 e. The van der Waals surface area contributed by atoms with Gasteiger partial charge in [-0.3, -0.25) is 9.59 Å². The molecule has 2 fully saturated rings. The minimum atomic E-state index is 0.0396. The summed E-state index contributed by atoms with van der Waals surface area (Å²) in [4.78, 5) is 35.6. The van der Waals surface area contributed by atoms with Crippen molar-refractivity contribution in [1.82, 2.24) is 14.9 Å². The van der Waals surface area contributed by atoms with E-state index in [1.54, 1.807) is 0 Å². The molecule has 0 spiro atoms. The van der Waals surface area contributed by atoms with Gasteiger partial charge in [0.2, 0.25) is 5.91 Å². The van der Waals surface area contributed by atoms with Crippen molar-refractivity contribution in [3.8, 4) is 0 Å². The van der Waals surface area contributed by atoms with Gasteiger partial charge >= 0.3 is 0 Å². The minimum absolute atomic E-state index is 0.0396. The lowest BCUT2D eigenvalue weighted by atomic mass is 9.97. The largest absolute Gasteiger partial charge is 0.342 e. The lowest BCUT2D eigenvalue weighted by molar-refractivity contribution is -0.117. The van der Waals surface area contributed by atoms with E-state index in [2.05, 4.69) is 10.3 Å². The Kier molecular flexibility index (Phi) is 4.39. The quantitative estimate of drug-likeness (QED) is 0.702. The summed E-state index contributed by atoms with van der Waals surface area (Å²) >= 11 is 1.36. The number of piperidine rings is 1. The molecule has 1 aliphatic carbocycles. The number of likely N-dealkylation sites (tertiary alicyclic amines) is 1. The van der Waals surface area contributed by atoms with Crippen LogP contribution in [0.4, 0.5) is 5.00 Å². The Morgan fingerprint density at radius 2 is 2.00 bits per heavy atom. The van der Waals surface area contributed by atoms with Gasteiger partial charge in [0, 0.05) is 24.9 Å². The molecular formula is C21H22N4O2S. The van der Waals surface area contributed by atoms with Crippen LogP contribution in [-0.2, 0) is 4.79 Å². The summed E-state index contributed by atoms with van der Waals surface area (Å²) in [6, 6.07) is 11.7. The number of aromatic nitrogens is 2. The van der Waals surface area contributed by atoms with E-state index in [9.17, 15) is 9.59 Å². The highest BCUT2D eigenvalue weighted by Crippen LogP contribution is 2.33. The van der Waals surface area contributed by atoms with Crippen molar-refractivity contribution < 1.29 is 9.59 Å². The zero-order valence-corrected chi connectivity index (χ0v) is 16.3. The number of amides is 2. The van der Waals surface area contributed by atoms with Crippen molar-refractivity contribution >= 4 is 39.2 Å². The van der Waals surface area contributed by atoms with Crippen LogP contribution in [-0.4, -0.2) is 39.8 Å². The highest BCUT2D eigenvalue weighted by molar-refractivity contribution is 7.18. The third-order valence-corrected chi connectivity index (χ3v) is 6.50. The molecule has 2 N–H and O–H groups in total. The van der Waals surface area contributed by atoms with Crippen molar-refractivity contribution in [3.63, 3.8) is 0 Å². The van der Waals surface area contributed by atoms with Crippen molar-refractivity contribution in [2.45, 2.75) is 31.6 Å². The van der Waals surface area contributed by atoms with E-state index >= 15 is 0 Å². The van der Waals surface area contributed by atoms with Crippen LogP contribution in [0.25, 0.3) is 11.0 Å². The molecule has 1 aromatic carbocycles. The zero-order valence-electron chi connectivity index (χ0n) is 15.5. The van der Waals surface area contributed by atoms with Crippen molar-refractivity contribution in [2.24, 2.45) is 5.92 Å². The molecule has 3 heterocycles. The Hall–Kier alpha value is -2.67. The maximum atomic E-state index is 13.0. The third-order valence-electron chi connectivity index (χ3n) is 5.51. The molecule has 1 saturated carbocycles. The molecule has 2 aromatic heterocycles. The number of thiophene rings is 1. The molecule has 28 heavy (non-hydrogen) atoms. The standard InChI is InChI=1S/C21H22N4O2S/c26-20(13-7-8-13)24-18-10-9-17(28-18)21(27)25-11-3-4-14(12-25)19-22-15-5-1-2-6-16(15)23-19/h1-2,5-6,9-10,13-14H,3-4,7-8,11-12H2,(H,22,23)(H,24,26)/t14-/m0/s1. The number of nitrogens with one attached hydrogen (secondary N) is 2. The summed E-state index contributed by atoms with van der Waals surface area (Å²) in [6.45, 7) is 1.43. The number of imidazole rings is 1. The fourth-order valence-electron chi connectivity index (χ4n) is 3.80. The normalized spacial score (nSPS) is 19.7.